The molecule has 2 rings (SSSR count). The molecule has 1 aliphatic rings. The first kappa shape index (κ1) is 13.5. The Kier molecular flexibility index (Phi) is 4.31. The Balaban J connectivity index is 2.21. The molecule has 0 unspecified atom stereocenters. The van der Waals surface area contributed by atoms with Gasteiger partial charge >= 0.3 is 0 Å². The average molecular weight is 246 g/mol. The van der Waals surface area contributed by atoms with Crippen LogP contribution < -0.4 is 4.74 Å². The SMILES string of the molecule is CCOc1ccc(C2CCC(C)CC2)c(C)c1C. The van der Waals surface area contributed by atoms with Gasteiger partial charge < -0.3 is 4.74 Å². The fourth-order valence-corrected chi connectivity index (χ4v) is 3.14. The molecule has 1 aliphatic carbocycles. The van der Waals surface area contributed by atoms with Gasteiger partial charge in [-0.15, -0.1) is 0 Å². The second-order valence-electron chi connectivity index (χ2n) is 5.79. The molecule has 0 aromatic heterocycles. The van der Waals surface area contributed by atoms with E-state index in [1.165, 1.54) is 36.8 Å². The Hall–Kier alpha value is -0.980. The van der Waals surface area contributed by atoms with Gasteiger partial charge in [0.2, 0.25) is 0 Å². The highest BCUT2D eigenvalue weighted by Crippen LogP contribution is 2.38. The molecule has 1 aromatic carbocycles. The zero-order valence-corrected chi connectivity index (χ0v) is 12.3. The van der Waals surface area contributed by atoms with Gasteiger partial charge in [0.15, 0.2) is 0 Å². The topological polar surface area (TPSA) is 9.23 Å². The Morgan fingerprint density at radius 3 is 2.33 bits per heavy atom. The maximum absolute atomic E-state index is 5.68. The quantitative estimate of drug-likeness (QED) is 0.729. The van der Waals surface area contributed by atoms with Crippen LogP contribution in [0.3, 0.4) is 0 Å². The third kappa shape index (κ3) is 2.71. The number of hydrogen-bond acceptors (Lipinski definition) is 1. The highest BCUT2D eigenvalue weighted by molar-refractivity contribution is 5.45. The summed E-state index contributed by atoms with van der Waals surface area (Å²) in [5.74, 6) is 2.75. The molecule has 1 saturated carbocycles. The fraction of sp³-hybridized carbons (Fsp3) is 0.647. The third-order valence-electron chi connectivity index (χ3n) is 4.53. The van der Waals surface area contributed by atoms with E-state index in [0.717, 1.165) is 24.2 Å². The first-order valence-corrected chi connectivity index (χ1v) is 7.36. The summed E-state index contributed by atoms with van der Waals surface area (Å²) in [6, 6.07) is 4.47. The van der Waals surface area contributed by atoms with Gasteiger partial charge in [-0.05, 0) is 68.2 Å². The van der Waals surface area contributed by atoms with Crippen LogP contribution in [-0.2, 0) is 0 Å². The number of benzene rings is 1. The van der Waals surface area contributed by atoms with Crippen LogP contribution in [0, 0.1) is 19.8 Å². The van der Waals surface area contributed by atoms with Crippen molar-refractivity contribution in [1.29, 1.82) is 0 Å². The minimum atomic E-state index is 0.751. The zero-order chi connectivity index (χ0) is 13.1. The van der Waals surface area contributed by atoms with Crippen molar-refractivity contribution >= 4 is 0 Å². The van der Waals surface area contributed by atoms with Crippen LogP contribution in [0.15, 0.2) is 12.1 Å². The minimum absolute atomic E-state index is 0.751. The minimum Gasteiger partial charge on any atom is -0.494 e. The third-order valence-corrected chi connectivity index (χ3v) is 4.53. The van der Waals surface area contributed by atoms with E-state index in [9.17, 15) is 0 Å². The maximum atomic E-state index is 5.68. The largest absolute Gasteiger partial charge is 0.494 e. The van der Waals surface area contributed by atoms with E-state index in [1.807, 2.05) is 6.92 Å². The van der Waals surface area contributed by atoms with Gasteiger partial charge in [0.25, 0.3) is 0 Å². The van der Waals surface area contributed by atoms with Crippen LogP contribution in [0.2, 0.25) is 0 Å². The van der Waals surface area contributed by atoms with E-state index in [-0.39, 0.29) is 0 Å². The van der Waals surface area contributed by atoms with Crippen LogP contribution in [-0.4, -0.2) is 6.61 Å². The van der Waals surface area contributed by atoms with E-state index in [2.05, 4.69) is 32.9 Å². The Morgan fingerprint density at radius 2 is 1.72 bits per heavy atom. The molecule has 1 fully saturated rings. The molecule has 0 radical (unpaired) electrons. The Bertz CT molecular complexity index is 400. The van der Waals surface area contributed by atoms with Crippen molar-refractivity contribution in [3.8, 4) is 5.75 Å². The van der Waals surface area contributed by atoms with Crippen molar-refractivity contribution in [2.24, 2.45) is 5.92 Å². The van der Waals surface area contributed by atoms with E-state index >= 15 is 0 Å². The molecule has 1 heteroatoms. The highest BCUT2D eigenvalue weighted by atomic mass is 16.5. The lowest BCUT2D eigenvalue weighted by Crippen LogP contribution is -2.12. The van der Waals surface area contributed by atoms with Gasteiger partial charge in [-0.1, -0.05) is 25.8 Å². The number of hydrogen-bond donors (Lipinski definition) is 0. The molecular weight excluding hydrogens is 220 g/mol. The Morgan fingerprint density at radius 1 is 1.06 bits per heavy atom. The first-order chi connectivity index (χ1) is 8.63. The molecule has 0 amide bonds. The van der Waals surface area contributed by atoms with Crippen molar-refractivity contribution in [2.45, 2.75) is 59.3 Å². The average Bonchev–Trinajstić information content (AvgIpc) is 2.37. The van der Waals surface area contributed by atoms with Crippen LogP contribution in [0.4, 0.5) is 0 Å². The van der Waals surface area contributed by atoms with Crippen molar-refractivity contribution in [2.75, 3.05) is 6.61 Å². The summed E-state index contributed by atoms with van der Waals surface area (Å²) in [6.07, 6.45) is 5.48. The van der Waals surface area contributed by atoms with Gasteiger partial charge in [-0.2, -0.15) is 0 Å². The first-order valence-electron chi connectivity index (χ1n) is 7.36. The van der Waals surface area contributed by atoms with Crippen molar-refractivity contribution < 1.29 is 4.74 Å². The molecule has 100 valence electrons. The molecule has 0 heterocycles. The molecule has 0 spiro atoms. The molecule has 0 N–H and O–H groups in total. The molecule has 0 bridgehead atoms. The molecule has 0 aliphatic heterocycles. The smallest absolute Gasteiger partial charge is 0.122 e. The standard InChI is InChI=1S/C17H26O/c1-5-18-17-11-10-16(13(3)14(17)4)15-8-6-12(2)7-9-15/h10-12,15H,5-9H2,1-4H3. The predicted molar refractivity (Wildman–Crippen MR) is 77.5 cm³/mol. The van der Waals surface area contributed by atoms with Gasteiger partial charge in [0.1, 0.15) is 5.75 Å². The summed E-state index contributed by atoms with van der Waals surface area (Å²) in [6.45, 7) is 9.62. The van der Waals surface area contributed by atoms with E-state index < -0.39 is 0 Å². The van der Waals surface area contributed by atoms with Gasteiger partial charge in [-0.3, -0.25) is 0 Å². The Labute approximate surface area is 112 Å². The van der Waals surface area contributed by atoms with Crippen LogP contribution >= 0.6 is 0 Å². The number of rotatable bonds is 3. The van der Waals surface area contributed by atoms with Gasteiger partial charge in [-0.25, -0.2) is 0 Å². The lowest BCUT2D eigenvalue weighted by Gasteiger charge is -2.28. The fourth-order valence-electron chi connectivity index (χ4n) is 3.14. The van der Waals surface area contributed by atoms with Crippen molar-refractivity contribution in [3.05, 3.63) is 28.8 Å². The zero-order valence-electron chi connectivity index (χ0n) is 12.3. The molecular formula is C17H26O. The lowest BCUT2D eigenvalue weighted by atomic mass is 9.77. The molecule has 18 heavy (non-hydrogen) atoms. The lowest BCUT2D eigenvalue weighted by molar-refractivity contribution is 0.335. The predicted octanol–water partition coefficient (Wildman–Crippen LogP) is 5.00. The van der Waals surface area contributed by atoms with E-state index in [4.69, 9.17) is 4.74 Å². The molecule has 0 saturated heterocycles. The van der Waals surface area contributed by atoms with E-state index in [0.29, 0.717) is 0 Å². The van der Waals surface area contributed by atoms with Crippen molar-refractivity contribution in [1.82, 2.24) is 0 Å². The summed E-state index contributed by atoms with van der Waals surface area (Å²) >= 11 is 0. The maximum Gasteiger partial charge on any atom is 0.122 e. The van der Waals surface area contributed by atoms with Gasteiger partial charge in [0, 0.05) is 0 Å². The summed E-state index contributed by atoms with van der Waals surface area (Å²) in [7, 11) is 0. The highest BCUT2D eigenvalue weighted by Gasteiger charge is 2.22. The van der Waals surface area contributed by atoms with Crippen molar-refractivity contribution in [3.63, 3.8) is 0 Å². The second-order valence-corrected chi connectivity index (χ2v) is 5.79. The summed E-state index contributed by atoms with van der Waals surface area (Å²) < 4.78 is 5.68. The van der Waals surface area contributed by atoms with Gasteiger partial charge in [0.05, 0.1) is 6.61 Å². The summed E-state index contributed by atoms with van der Waals surface area (Å²) in [5.41, 5.74) is 4.33. The second kappa shape index (κ2) is 5.77. The monoisotopic (exact) mass is 246 g/mol. The van der Waals surface area contributed by atoms with E-state index in [1.54, 1.807) is 5.56 Å². The summed E-state index contributed by atoms with van der Waals surface area (Å²) in [5, 5.41) is 0. The summed E-state index contributed by atoms with van der Waals surface area (Å²) in [4.78, 5) is 0. The molecule has 1 nitrogen and oxygen atoms in total. The molecule has 0 atom stereocenters. The van der Waals surface area contributed by atoms with Crippen LogP contribution in [0.5, 0.6) is 5.75 Å². The molecule has 1 aromatic rings. The van der Waals surface area contributed by atoms with Crippen LogP contribution in [0.1, 0.15) is 62.1 Å². The van der Waals surface area contributed by atoms with Crippen LogP contribution in [0.25, 0.3) is 0 Å². The number of ether oxygens (including phenoxy) is 1. The normalized spacial score (nSPS) is 24.0.